The number of carbonyl (C=O) groups excluding carboxylic acids is 2. The van der Waals surface area contributed by atoms with Crippen LogP contribution in [0.3, 0.4) is 0 Å². The lowest BCUT2D eigenvalue weighted by Crippen LogP contribution is -2.34. The number of hydrogen-bond donors (Lipinski definition) is 2. The van der Waals surface area contributed by atoms with Gasteiger partial charge in [-0.2, -0.15) is 0 Å². The average molecular weight is 256 g/mol. The van der Waals surface area contributed by atoms with Gasteiger partial charge < -0.3 is 10.4 Å². The van der Waals surface area contributed by atoms with Crippen LogP contribution in [-0.2, 0) is 14.4 Å². The zero-order valence-corrected chi connectivity index (χ0v) is 9.69. The van der Waals surface area contributed by atoms with E-state index in [1.165, 1.54) is 12.1 Å². The third-order valence-corrected chi connectivity index (χ3v) is 2.28. The van der Waals surface area contributed by atoms with Crippen LogP contribution < -0.4 is 5.32 Å². The van der Waals surface area contributed by atoms with Gasteiger partial charge in [-0.1, -0.05) is 11.6 Å². The summed E-state index contributed by atoms with van der Waals surface area (Å²) >= 11 is 5.65. The molecule has 1 unspecified atom stereocenters. The molecule has 2 N–H and O–H groups in total. The molecule has 1 aromatic rings. The minimum atomic E-state index is -1.69. The Kier molecular flexibility index (Phi) is 4.23. The molecule has 17 heavy (non-hydrogen) atoms. The molecule has 0 radical (unpaired) electrons. The predicted octanol–water partition coefficient (Wildman–Crippen LogP) is 1.57. The Morgan fingerprint density at radius 1 is 1.24 bits per heavy atom. The zero-order chi connectivity index (χ0) is 13.0. The van der Waals surface area contributed by atoms with Gasteiger partial charge in [0.2, 0.25) is 5.91 Å². The lowest BCUT2D eigenvalue weighted by atomic mass is 10.0. The van der Waals surface area contributed by atoms with Gasteiger partial charge in [-0.3, -0.25) is 14.4 Å². The van der Waals surface area contributed by atoms with E-state index in [1.807, 2.05) is 0 Å². The summed E-state index contributed by atoms with van der Waals surface area (Å²) in [5, 5.41) is 11.6. The maximum Gasteiger partial charge on any atom is 0.323 e. The summed E-state index contributed by atoms with van der Waals surface area (Å²) in [5.74, 6) is -4.74. The lowest BCUT2D eigenvalue weighted by molar-refractivity contribution is -0.149. The van der Waals surface area contributed by atoms with Crippen LogP contribution in [0.15, 0.2) is 24.3 Å². The normalized spacial score (nSPS) is 11.6. The van der Waals surface area contributed by atoms with Gasteiger partial charge in [0.05, 0.1) is 0 Å². The molecule has 1 rings (SSSR count). The number of aliphatic carboxylic acids is 1. The van der Waals surface area contributed by atoms with Crippen molar-refractivity contribution in [1.82, 2.24) is 0 Å². The fourth-order valence-corrected chi connectivity index (χ4v) is 1.34. The van der Waals surface area contributed by atoms with Gasteiger partial charge in [0.1, 0.15) is 0 Å². The van der Waals surface area contributed by atoms with Crippen LogP contribution in [0.1, 0.15) is 6.92 Å². The molecule has 1 amide bonds. The molecule has 1 atom stereocenters. The number of amides is 1. The van der Waals surface area contributed by atoms with E-state index in [9.17, 15) is 14.4 Å². The second-order valence-electron chi connectivity index (χ2n) is 3.38. The summed E-state index contributed by atoms with van der Waals surface area (Å²) in [6.45, 7) is 1.06. The highest BCUT2D eigenvalue weighted by Gasteiger charge is 2.30. The van der Waals surface area contributed by atoms with Crippen LogP contribution in [0.4, 0.5) is 5.69 Å². The smallest absolute Gasteiger partial charge is 0.323 e. The fourth-order valence-electron chi connectivity index (χ4n) is 1.22. The van der Waals surface area contributed by atoms with Crippen molar-refractivity contribution < 1.29 is 19.5 Å². The monoisotopic (exact) mass is 255 g/mol. The summed E-state index contributed by atoms with van der Waals surface area (Å²) in [5.41, 5.74) is 0.381. The van der Waals surface area contributed by atoms with Gasteiger partial charge in [-0.25, -0.2) is 0 Å². The van der Waals surface area contributed by atoms with Crippen molar-refractivity contribution >= 4 is 34.9 Å². The summed E-state index contributed by atoms with van der Waals surface area (Å²) < 4.78 is 0. The highest BCUT2D eigenvalue weighted by molar-refractivity contribution is 6.30. The van der Waals surface area contributed by atoms with E-state index in [1.54, 1.807) is 12.1 Å². The topological polar surface area (TPSA) is 83.5 Å². The molecule has 1 aromatic carbocycles. The maximum absolute atomic E-state index is 11.5. The SMILES string of the molecule is CC(=O)C(C(=O)O)C(=O)Nc1ccc(Cl)cc1. The van der Waals surface area contributed by atoms with Crippen molar-refractivity contribution in [3.63, 3.8) is 0 Å². The minimum Gasteiger partial charge on any atom is -0.480 e. The van der Waals surface area contributed by atoms with Crippen molar-refractivity contribution in [3.05, 3.63) is 29.3 Å². The highest BCUT2D eigenvalue weighted by atomic mass is 35.5. The van der Waals surface area contributed by atoms with Crippen molar-refractivity contribution in [2.45, 2.75) is 6.92 Å². The van der Waals surface area contributed by atoms with E-state index in [2.05, 4.69) is 5.32 Å². The van der Waals surface area contributed by atoms with Gasteiger partial charge in [-0.05, 0) is 31.2 Å². The number of halogens is 1. The Hall–Kier alpha value is -1.88. The summed E-state index contributed by atoms with van der Waals surface area (Å²) in [6, 6.07) is 6.11. The first kappa shape index (κ1) is 13.2. The molecule has 0 heterocycles. The van der Waals surface area contributed by atoms with Crippen molar-refractivity contribution in [3.8, 4) is 0 Å². The fraction of sp³-hybridized carbons (Fsp3) is 0.182. The van der Waals surface area contributed by atoms with Crippen LogP contribution in [-0.4, -0.2) is 22.8 Å². The number of nitrogens with one attached hydrogen (secondary N) is 1. The van der Waals surface area contributed by atoms with E-state index in [4.69, 9.17) is 16.7 Å². The molecule has 5 nitrogen and oxygen atoms in total. The van der Waals surface area contributed by atoms with E-state index in [-0.39, 0.29) is 0 Å². The van der Waals surface area contributed by atoms with Crippen LogP contribution in [0.5, 0.6) is 0 Å². The Morgan fingerprint density at radius 2 is 1.76 bits per heavy atom. The number of ketones is 1. The summed E-state index contributed by atoms with van der Waals surface area (Å²) in [4.78, 5) is 33.3. The second-order valence-corrected chi connectivity index (χ2v) is 3.81. The number of carboxylic acid groups (broad SMARTS) is 1. The Bertz CT molecular complexity index is 441. The van der Waals surface area contributed by atoms with Gasteiger partial charge in [0.15, 0.2) is 11.7 Å². The molecular formula is C11H10ClNO4. The zero-order valence-electron chi connectivity index (χ0n) is 8.94. The first-order valence-electron chi connectivity index (χ1n) is 4.71. The van der Waals surface area contributed by atoms with Crippen LogP contribution in [0, 0.1) is 5.92 Å². The lowest BCUT2D eigenvalue weighted by Gasteiger charge is -2.09. The summed E-state index contributed by atoms with van der Waals surface area (Å²) in [6.07, 6.45) is 0. The molecule has 6 heteroatoms. The molecule has 0 aliphatic heterocycles. The van der Waals surface area contributed by atoms with E-state index in [0.717, 1.165) is 6.92 Å². The molecule has 0 bridgehead atoms. The third-order valence-electron chi connectivity index (χ3n) is 2.03. The molecular weight excluding hydrogens is 246 g/mol. The highest BCUT2D eigenvalue weighted by Crippen LogP contribution is 2.14. The van der Waals surface area contributed by atoms with Crippen LogP contribution in [0.25, 0.3) is 0 Å². The van der Waals surface area contributed by atoms with Crippen molar-refractivity contribution in [1.29, 1.82) is 0 Å². The Balaban J connectivity index is 2.80. The van der Waals surface area contributed by atoms with E-state index >= 15 is 0 Å². The molecule has 0 aromatic heterocycles. The minimum absolute atomic E-state index is 0.381. The van der Waals surface area contributed by atoms with E-state index < -0.39 is 23.6 Å². The predicted molar refractivity (Wildman–Crippen MR) is 61.9 cm³/mol. The average Bonchev–Trinajstić information content (AvgIpc) is 2.20. The molecule has 0 spiro atoms. The molecule has 0 saturated heterocycles. The Labute approximate surface area is 102 Å². The number of hydrogen-bond acceptors (Lipinski definition) is 3. The molecule has 0 aliphatic rings. The number of Topliss-reactive ketones (excluding diaryl/α,β-unsaturated/α-hetero) is 1. The van der Waals surface area contributed by atoms with Crippen LogP contribution in [0.2, 0.25) is 5.02 Å². The Morgan fingerprint density at radius 3 is 2.18 bits per heavy atom. The summed E-state index contributed by atoms with van der Waals surface area (Å²) in [7, 11) is 0. The largest absolute Gasteiger partial charge is 0.480 e. The van der Waals surface area contributed by atoms with Gasteiger partial charge in [-0.15, -0.1) is 0 Å². The standard InChI is InChI=1S/C11H10ClNO4/c1-6(14)9(11(16)17)10(15)13-8-4-2-7(12)3-5-8/h2-5,9H,1H3,(H,13,15)(H,16,17). The number of rotatable bonds is 4. The number of carboxylic acids is 1. The first-order chi connectivity index (χ1) is 7.91. The quantitative estimate of drug-likeness (QED) is 0.800. The van der Waals surface area contributed by atoms with Crippen molar-refractivity contribution in [2.75, 3.05) is 5.32 Å². The van der Waals surface area contributed by atoms with Gasteiger partial charge >= 0.3 is 5.97 Å². The molecule has 0 fully saturated rings. The number of carbonyl (C=O) groups is 3. The molecule has 0 saturated carbocycles. The second kappa shape index (κ2) is 5.45. The van der Waals surface area contributed by atoms with Crippen molar-refractivity contribution in [2.24, 2.45) is 5.92 Å². The van der Waals surface area contributed by atoms with Gasteiger partial charge in [0, 0.05) is 10.7 Å². The third kappa shape index (κ3) is 3.57. The van der Waals surface area contributed by atoms with E-state index in [0.29, 0.717) is 10.7 Å². The van der Waals surface area contributed by atoms with Crippen LogP contribution >= 0.6 is 11.6 Å². The first-order valence-corrected chi connectivity index (χ1v) is 5.09. The molecule has 0 aliphatic carbocycles. The van der Waals surface area contributed by atoms with Gasteiger partial charge in [0.25, 0.3) is 0 Å². The maximum atomic E-state index is 11.5. The number of benzene rings is 1. The molecule has 90 valence electrons. The number of anilines is 1.